The van der Waals surface area contributed by atoms with Crippen molar-refractivity contribution in [3.05, 3.63) is 28.8 Å². The predicted molar refractivity (Wildman–Crippen MR) is 69.7 cm³/mol. The van der Waals surface area contributed by atoms with Gasteiger partial charge in [-0.25, -0.2) is 9.97 Å². The van der Waals surface area contributed by atoms with E-state index in [0.29, 0.717) is 18.7 Å². The van der Waals surface area contributed by atoms with Gasteiger partial charge in [0.1, 0.15) is 6.33 Å². The summed E-state index contributed by atoms with van der Waals surface area (Å²) in [5, 5.41) is 18.2. The molecule has 0 spiro atoms. The van der Waals surface area contributed by atoms with Gasteiger partial charge < -0.3 is 5.32 Å². The molecule has 19 heavy (non-hydrogen) atoms. The molecule has 0 bridgehead atoms. The summed E-state index contributed by atoms with van der Waals surface area (Å²) in [7, 11) is 0. The third-order valence-electron chi connectivity index (χ3n) is 2.58. The van der Waals surface area contributed by atoms with Gasteiger partial charge in [0.15, 0.2) is 5.69 Å². The van der Waals surface area contributed by atoms with Crippen molar-refractivity contribution in [2.75, 3.05) is 11.9 Å². The quantitative estimate of drug-likeness (QED) is 0.650. The lowest BCUT2D eigenvalue weighted by atomic mass is 10.2. The average Bonchev–Trinajstić information content (AvgIpc) is 2.87. The minimum absolute atomic E-state index is 0.125. The maximum atomic E-state index is 11.2. The van der Waals surface area contributed by atoms with Crippen LogP contribution in [0.1, 0.15) is 13.8 Å². The molecule has 2 rings (SSSR count). The second-order valence-electron chi connectivity index (χ2n) is 3.79. The summed E-state index contributed by atoms with van der Waals surface area (Å²) in [5.74, 6) is 0.224. The smallest absolute Gasteiger partial charge is 0.337 e. The van der Waals surface area contributed by atoms with Crippen LogP contribution in [0.4, 0.5) is 11.5 Å². The topological polar surface area (TPSA) is 98.8 Å². The Morgan fingerprint density at radius 3 is 2.79 bits per heavy atom. The van der Waals surface area contributed by atoms with Crippen LogP contribution in [0.5, 0.6) is 0 Å². The number of aromatic nitrogens is 4. The molecule has 0 aromatic carbocycles. The van der Waals surface area contributed by atoms with E-state index >= 15 is 0 Å². The standard InChI is InChI=1S/C11H14N6O2/c1-3-12-11-10(17(18)19)9(13-7-14-11)8-5-15-16(4-2)6-8/h5-7H,3-4H2,1-2H3,(H,12,13,14). The predicted octanol–water partition coefficient (Wildman–Crippen LogP) is 1.70. The van der Waals surface area contributed by atoms with Gasteiger partial charge in [0.25, 0.3) is 0 Å². The summed E-state index contributed by atoms with van der Waals surface area (Å²) in [4.78, 5) is 18.7. The lowest BCUT2D eigenvalue weighted by molar-refractivity contribution is -0.383. The third kappa shape index (κ3) is 2.51. The number of rotatable bonds is 5. The molecular formula is C11H14N6O2. The Balaban J connectivity index is 2.55. The molecule has 2 aromatic rings. The highest BCUT2D eigenvalue weighted by molar-refractivity contribution is 5.75. The molecule has 0 aliphatic rings. The van der Waals surface area contributed by atoms with Crippen LogP contribution < -0.4 is 5.32 Å². The van der Waals surface area contributed by atoms with E-state index in [1.54, 1.807) is 17.1 Å². The minimum Gasteiger partial charge on any atom is -0.365 e. The largest absolute Gasteiger partial charge is 0.365 e. The average molecular weight is 262 g/mol. The molecule has 0 saturated carbocycles. The summed E-state index contributed by atoms with van der Waals surface area (Å²) < 4.78 is 1.69. The normalized spacial score (nSPS) is 10.4. The molecule has 0 fully saturated rings. The first-order valence-electron chi connectivity index (χ1n) is 5.93. The van der Waals surface area contributed by atoms with Crippen molar-refractivity contribution in [2.45, 2.75) is 20.4 Å². The first kappa shape index (κ1) is 12.9. The van der Waals surface area contributed by atoms with Crippen molar-refractivity contribution in [1.82, 2.24) is 19.7 Å². The molecule has 2 aromatic heterocycles. The van der Waals surface area contributed by atoms with E-state index in [1.807, 2.05) is 13.8 Å². The van der Waals surface area contributed by atoms with Crippen LogP contribution in [-0.2, 0) is 6.54 Å². The van der Waals surface area contributed by atoms with E-state index < -0.39 is 4.92 Å². The minimum atomic E-state index is -0.476. The summed E-state index contributed by atoms with van der Waals surface area (Å²) in [5.41, 5.74) is 0.755. The van der Waals surface area contributed by atoms with Crippen LogP contribution in [0.25, 0.3) is 11.3 Å². The van der Waals surface area contributed by atoms with Crippen molar-refractivity contribution < 1.29 is 4.92 Å². The highest BCUT2D eigenvalue weighted by Crippen LogP contribution is 2.32. The van der Waals surface area contributed by atoms with Gasteiger partial charge in [-0.2, -0.15) is 5.10 Å². The second-order valence-corrected chi connectivity index (χ2v) is 3.79. The molecular weight excluding hydrogens is 248 g/mol. The molecule has 0 unspecified atom stereocenters. The third-order valence-corrected chi connectivity index (χ3v) is 2.58. The van der Waals surface area contributed by atoms with Gasteiger partial charge in [-0.05, 0) is 13.8 Å². The van der Waals surface area contributed by atoms with Gasteiger partial charge >= 0.3 is 5.69 Å². The Hall–Kier alpha value is -2.51. The summed E-state index contributed by atoms with van der Waals surface area (Å²) >= 11 is 0. The Labute approximate surface area is 109 Å². The lowest BCUT2D eigenvalue weighted by Crippen LogP contribution is -2.06. The van der Waals surface area contributed by atoms with Crippen molar-refractivity contribution in [3.63, 3.8) is 0 Å². The van der Waals surface area contributed by atoms with Gasteiger partial charge in [-0.1, -0.05) is 0 Å². The zero-order valence-corrected chi connectivity index (χ0v) is 10.7. The molecule has 0 aliphatic carbocycles. The maximum Gasteiger partial charge on any atom is 0.337 e. The van der Waals surface area contributed by atoms with Crippen molar-refractivity contribution in [3.8, 4) is 11.3 Å². The maximum absolute atomic E-state index is 11.2. The monoisotopic (exact) mass is 262 g/mol. The fourth-order valence-electron chi connectivity index (χ4n) is 1.72. The highest BCUT2D eigenvalue weighted by atomic mass is 16.6. The number of nitrogens with one attached hydrogen (secondary N) is 1. The van der Waals surface area contributed by atoms with Gasteiger partial charge in [0.2, 0.25) is 5.82 Å². The first-order valence-corrected chi connectivity index (χ1v) is 5.93. The van der Waals surface area contributed by atoms with Crippen molar-refractivity contribution in [2.24, 2.45) is 0 Å². The van der Waals surface area contributed by atoms with Gasteiger partial charge in [0.05, 0.1) is 11.1 Å². The van der Waals surface area contributed by atoms with Crippen LogP contribution in [0.3, 0.4) is 0 Å². The van der Waals surface area contributed by atoms with Gasteiger partial charge in [-0.15, -0.1) is 0 Å². The van der Waals surface area contributed by atoms with Crippen molar-refractivity contribution >= 4 is 11.5 Å². The number of hydrogen-bond acceptors (Lipinski definition) is 6. The molecule has 0 radical (unpaired) electrons. The summed E-state index contributed by atoms with van der Waals surface area (Å²) in [6, 6.07) is 0. The molecule has 0 amide bonds. The molecule has 0 atom stereocenters. The number of hydrogen-bond donors (Lipinski definition) is 1. The fraction of sp³-hybridized carbons (Fsp3) is 0.364. The van der Waals surface area contributed by atoms with E-state index in [4.69, 9.17) is 0 Å². The summed E-state index contributed by atoms with van der Waals surface area (Å²) in [6.07, 6.45) is 4.60. The van der Waals surface area contributed by atoms with E-state index in [9.17, 15) is 10.1 Å². The van der Waals surface area contributed by atoms with E-state index in [0.717, 1.165) is 0 Å². The fourth-order valence-corrected chi connectivity index (χ4v) is 1.72. The molecule has 2 heterocycles. The van der Waals surface area contributed by atoms with Gasteiger partial charge in [0, 0.05) is 24.8 Å². The Kier molecular flexibility index (Phi) is 3.69. The zero-order valence-electron chi connectivity index (χ0n) is 10.7. The Morgan fingerprint density at radius 1 is 1.42 bits per heavy atom. The number of nitro groups is 1. The molecule has 100 valence electrons. The van der Waals surface area contributed by atoms with E-state index in [-0.39, 0.29) is 17.2 Å². The van der Waals surface area contributed by atoms with Crippen LogP contribution in [0.15, 0.2) is 18.7 Å². The Bertz CT molecular complexity index is 595. The molecule has 1 N–H and O–H groups in total. The van der Waals surface area contributed by atoms with Crippen LogP contribution in [-0.4, -0.2) is 31.2 Å². The first-order chi connectivity index (χ1) is 9.17. The molecule has 8 nitrogen and oxygen atoms in total. The highest BCUT2D eigenvalue weighted by Gasteiger charge is 2.24. The van der Waals surface area contributed by atoms with E-state index in [2.05, 4.69) is 20.4 Å². The van der Waals surface area contributed by atoms with Crippen LogP contribution in [0.2, 0.25) is 0 Å². The zero-order chi connectivity index (χ0) is 13.8. The van der Waals surface area contributed by atoms with Crippen LogP contribution >= 0.6 is 0 Å². The van der Waals surface area contributed by atoms with E-state index in [1.165, 1.54) is 6.33 Å². The molecule has 0 aliphatic heterocycles. The van der Waals surface area contributed by atoms with Crippen molar-refractivity contribution in [1.29, 1.82) is 0 Å². The van der Waals surface area contributed by atoms with Gasteiger partial charge in [-0.3, -0.25) is 14.8 Å². The number of anilines is 1. The summed E-state index contributed by atoms with van der Waals surface area (Å²) in [6.45, 7) is 5.03. The Morgan fingerprint density at radius 2 is 2.21 bits per heavy atom. The van der Waals surface area contributed by atoms with Crippen LogP contribution in [0, 0.1) is 10.1 Å². The number of aryl methyl sites for hydroxylation is 1. The SMILES string of the molecule is CCNc1ncnc(-c2cnn(CC)c2)c1[N+](=O)[O-]. The second kappa shape index (κ2) is 5.42. The molecule has 0 saturated heterocycles. The lowest BCUT2D eigenvalue weighted by Gasteiger charge is -2.05. The number of nitrogens with zero attached hydrogens (tertiary/aromatic N) is 5. The molecule has 8 heteroatoms.